The number of benzene rings is 3. The zero-order chi connectivity index (χ0) is 26.2. The highest BCUT2D eigenvalue weighted by Gasteiger charge is 2.15. The van der Waals surface area contributed by atoms with Crippen LogP contribution in [0.2, 0.25) is 0 Å². The third-order valence-electron chi connectivity index (χ3n) is 6.12. The number of anilines is 2. The Morgan fingerprint density at radius 1 is 0.842 bits per heavy atom. The summed E-state index contributed by atoms with van der Waals surface area (Å²) < 4.78 is 1.88. The molecular formula is C30H28N6O2. The van der Waals surface area contributed by atoms with Crippen molar-refractivity contribution in [3.8, 4) is 16.8 Å². The topological polar surface area (TPSA) is 105 Å². The Kier molecular flexibility index (Phi) is 7.69. The lowest BCUT2D eigenvalue weighted by Crippen LogP contribution is -2.15. The number of carbonyl (C=O) groups excluding carboxylic acids is 2. The fourth-order valence-electron chi connectivity index (χ4n) is 4.18. The molecule has 0 bridgehead atoms. The molecule has 0 saturated heterocycles. The number of unbranched alkanes of at least 4 members (excludes halogenated alkanes) is 1. The maximum Gasteiger partial charge on any atom is 0.258 e. The minimum absolute atomic E-state index is 0.00313. The first-order valence-corrected chi connectivity index (χ1v) is 12.5. The van der Waals surface area contributed by atoms with E-state index in [9.17, 15) is 9.59 Å². The minimum Gasteiger partial charge on any atom is -0.326 e. The molecule has 3 N–H and O–H groups in total. The van der Waals surface area contributed by atoms with Gasteiger partial charge < -0.3 is 5.32 Å². The van der Waals surface area contributed by atoms with E-state index in [-0.39, 0.29) is 11.8 Å². The number of hydrogen-bond donors (Lipinski definition) is 3. The fourth-order valence-corrected chi connectivity index (χ4v) is 4.18. The fraction of sp³-hybridized carbons (Fsp3) is 0.133. The Labute approximate surface area is 220 Å². The van der Waals surface area contributed by atoms with Crippen LogP contribution in [-0.2, 0) is 11.2 Å². The molecule has 0 aliphatic heterocycles. The number of nitrogens with zero attached hydrogens (tertiary/aromatic N) is 3. The van der Waals surface area contributed by atoms with E-state index in [1.165, 1.54) is 0 Å². The SMILES string of the molecule is O=C(CCCCc1cn(-c2ccccc2)c(NC(=O)c2cccc(-c3cn[nH]c3)c2)n1)Nc1ccccc1. The van der Waals surface area contributed by atoms with Crippen molar-refractivity contribution in [2.45, 2.75) is 25.7 Å². The second kappa shape index (κ2) is 11.8. The van der Waals surface area contributed by atoms with Gasteiger partial charge in [-0.25, -0.2) is 4.98 Å². The summed E-state index contributed by atoms with van der Waals surface area (Å²) in [6.07, 6.45) is 8.11. The Balaban J connectivity index is 1.25. The third kappa shape index (κ3) is 6.22. The molecule has 0 aliphatic carbocycles. The molecule has 8 nitrogen and oxygen atoms in total. The number of aromatic nitrogens is 4. The lowest BCUT2D eigenvalue weighted by Gasteiger charge is -2.09. The number of aryl methyl sites for hydroxylation is 1. The predicted molar refractivity (Wildman–Crippen MR) is 148 cm³/mol. The van der Waals surface area contributed by atoms with E-state index in [1.54, 1.807) is 18.5 Å². The summed E-state index contributed by atoms with van der Waals surface area (Å²) >= 11 is 0. The summed E-state index contributed by atoms with van der Waals surface area (Å²) in [5, 5.41) is 12.7. The summed E-state index contributed by atoms with van der Waals surface area (Å²) in [6.45, 7) is 0. The Morgan fingerprint density at radius 2 is 1.63 bits per heavy atom. The summed E-state index contributed by atoms with van der Waals surface area (Å²) in [7, 11) is 0. The van der Waals surface area contributed by atoms with Crippen molar-refractivity contribution in [1.82, 2.24) is 19.7 Å². The van der Waals surface area contributed by atoms with E-state index in [1.807, 2.05) is 89.6 Å². The molecule has 38 heavy (non-hydrogen) atoms. The normalized spacial score (nSPS) is 10.7. The smallest absolute Gasteiger partial charge is 0.258 e. The van der Waals surface area contributed by atoms with Crippen LogP contribution >= 0.6 is 0 Å². The number of hydrogen-bond acceptors (Lipinski definition) is 4. The first-order valence-electron chi connectivity index (χ1n) is 12.5. The van der Waals surface area contributed by atoms with Crippen LogP contribution < -0.4 is 10.6 Å². The zero-order valence-corrected chi connectivity index (χ0v) is 20.8. The molecule has 2 heterocycles. The molecule has 0 saturated carbocycles. The third-order valence-corrected chi connectivity index (χ3v) is 6.12. The molecule has 5 aromatic rings. The predicted octanol–water partition coefficient (Wildman–Crippen LogP) is 5.87. The molecule has 8 heteroatoms. The minimum atomic E-state index is -0.248. The lowest BCUT2D eigenvalue weighted by molar-refractivity contribution is -0.116. The number of carbonyl (C=O) groups is 2. The number of rotatable bonds is 10. The average Bonchev–Trinajstić information content (AvgIpc) is 3.63. The summed E-state index contributed by atoms with van der Waals surface area (Å²) in [4.78, 5) is 30.1. The number of amides is 2. The van der Waals surface area contributed by atoms with E-state index in [0.717, 1.165) is 41.0 Å². The van der Waals surface area contributed by atoms with Gasteiger partial charge in [0.05, 0.1) is 11.9 Å². The standard InChI is InChI=1S/C30H28N6O2/c37-28(33-25-12-3-1-4-13-25)17-8-7-14-26-21-36(27-15-5-2-6-16-27)30(34-26)35-29(38)23-11-9-10-22(18-23)24-19-31-32-20-24/h1-6,9-13,15-16,18-21H,7-8,14,17H2,(H,31,32)(H,33,37)(H,34,35,38). The molecule has 0 atom stereocenters. The van der Waals surface area contributed by atoms with Gasteiger partial charge in [0.2, 0.25) is 11.9 Å². The zero-order valence-electron chi connectivity index (χ0n) is 20.8. The highest BCUT2D eigenvalue weighted by atomic mass is 16.2. The Morgan fingerprint density at radius 3 is 2.39 bits per heavy atom. The van der Waals surface area contributed by atoms with Crippen molar-refractivity contribution in [2.24, 2.45) is 0 Å². The van der Waals surface area contributed by atoms with Crippen LogP contribution in [0.3, 0.4) is 0 Å². The van der Waals surface area contributed by atoms with Gasteiger partial charge in [-0.15, -0.1) is 0 Å². The molecule has 0 unspecified atom stereocenters. The van der Waals surface area contributed by atoms with Crippen LogP contribution in [-0.4, -0.2) is 31.6 Å². The molecule has 5 rings (SSSR count). The molecule has 2 amide bonds. The van der Waals surface area contributed by atoms with Crippen molar-refractivity contribution >= 4 is 23.5 Å². The van der Waals surface area contributed by atoms with Crippen molar-refractivity contribution in [3.05, 3.63) is 115 Å². The van der Waals surface area contributed by atoms with Gasteiger partial charge in [-0.05, 0) is 61.2 Å². The van der Waals surface area contributed by atoms with Gasteiger partial charge in [0.25, 0.3) is 5.91 Å². The van der Waals surface area contributed by atoms with Crippen molar-refractivity contribution < 1.29 is 9.59 Å². The summed E-state index contributed by atoms with van der Waals surface area (Å²) in [5.74, 6) is 0.200. The summed E-state index contributed by atoms with van der Waals surface area (Å²) in [6, 6.07) is 26.6. The molecule has 0 radical (unpaired) electrons. The molecule has 0 aliphatic rings. The van der Waals surface area contributed by atoms with Gasteiger partial charge >= 0.3 is 0 Å². The number of imidazole rings is 1. The maximum absolute atomic E-state index is 13.2. The quantitative estimate of drug-likeness (QED) is 0.207. The lowest BCUT2D eigenvalue weighted by atomic mass is 10.1. The van der Waals surface area contributed by atoms with Gasteiger partial charge in [-0.2, -0.15) is 5.10 Å². The largest absolute Gasteiger partial charge is 0.326 e. The second-order valence-corrected chi connectivity index (χ2v) is 8.90. The number of nitrogens with one attached hydrogen (secondary N) is 3. The van der Waals surface area contributed by atoms with Crippen LogP contribution in [0.15, 0.2) is 104 Å². The van der Waals surface area contributed by atoms with Crippen LogP contribution in [0, 0.1) is 0 Å². The molecule has 190 valence electrons. The number of aromatic amines is 1. The average molecular weight is 505 g/mol. The molecule has 3 aromatic carbocycles. The Bertz CT molecular complexity index is 1490. The van der Waals surface area contributed by atoms with Gasteiger partial charge in [-0.1, -0.05) is 48.5 Å². The van der Waals surface area contributed by atoms with Gasteiger partial charge in [0.1, 0.15) is 0 Å². The first kappa shape index (κ1) is 24.7. The van der Waals surface area contributed by atoms with E-state index < -0.39 is 0 Å². The first-order chi connectivity index (χ1) is 18.7. The molecule has 0 spiro atoms. The van der Waals surface area contributed by atoms with E-state index in [0.29, 0.717) is 24.4 Å². The van der Waals surface area contributed by atoms with Gasteiger partial charge in [-0.3, -0.25) is 24.6 Å². The highest BCUT2D eigenvalue weighted by molar-refractivity contribution is 6.04. The van der Waals surface area contributed by atoms with Gasteiger partial charge in [0.15, 0.2) is 0 Å². The Hall–Kier alpha value is -4.98. The van der Waals surface area contributed by atoms with Crippen LogP contribution in [0.4, 0.5) is 11.6 Å². The van der Waals surface area contributed by atoms with Crippen molar-refractivity contribution in [3.63, 3.8) is 0 Å². The number of para-hydroxylation sites is 2. The maximum atomic E-state index is 13.2. The van der Waals surface area contributed by atoms with E-state index in [2.05, 4.69) is 20.8 Å². The van der Waals surface area contributed by atoms with Crippen LogP contribution in [0.25, 0.3) is 16.8 Å². The number of H-pyrrole nitrogens is 1. The monoisotopic (exact) mass is 504 g/mol. The summed E-state index contributed by atoms with van der Waals surface area (Å²) in [5.41, 5.74) is 4.88. The van der Waals surface area contributed by atoms with Crippen molar-refractivity contribution in [2.75, 3.05) is 10.6 Å². The van der Waals surface area contributed by atoms with Gasteiger partial charge in [0, 0.05) is 41.3 Å². The van der Waals surface area contributed by atoms with Crippen LogP contribution in [0.5, 0.6) is 0 Å². The molecular weight excluding hydrogens is 476 g/mol. The molecule has 0 fully saturated rings. The molecule has 2 aromatic heterocycles. The van der Waals surface area contributed by atoms with E-state index >= 15 is 0 Å². The van der Waals surface area contributed by atoms with Crippen LogP contribution in [0.1, 0.15) is 35.3 Å². The van der Waals surface area contributed by atoms with Crippen molar-refractivity contribution in [1.29, 1.82) is 0 Å². The second-order valence-electron chi connectivity index (χ2n) is 8.90. The van der Waals surface area contributed by atoms with E-state index in [4.69, 9.17) is 4.98 Å². The highest BCUT2D eigenvalue weighted by Crippen LogP contribution is 2.22.